The van der Waals surface area contributed by atoms with Gasteiger partial charge < -0.3 is 43.4 Å². The second kappa shape index (κ2) is 18.8. The Morgan fingerprint density at radius 1 is 0.806 bits per heavy atom. The van der Waals surface area contributed by atoms with Gasteiger partial charge in [0.15, 0.2) is 11.5 Å². The molecule has 0 saturated carbocycles. The van der Waals surface area contributed by atoms with E-state index in [1.165, 1.54) is 28.8 Å². The number of carbonyl (C=O) groups is 1. The molecule has 8 rings (SSSR count). The number of hydrogen-bond acceptors (Lipinski definition) is 20. The molecule has 26 heteroatoms. The molecule has 6 aromatic rings. The minimum absolute atomic E-state index is 0. The van der Waals surface area contributed by atoms with Crippen molar-refractivity contribution in [2.45, 2.75) is 9.79 Å². The van der Waals surface area contributed by atoms with E-state index in [1.807, 2.05) is 0 Å². The summed E-state index contributed by atoms with van der Waals surface area (Å²) in [6.45, 7) is 1.36. The summed E-state index contributed by atoms with van der Waals surface area (Å²) in [7, 11) is -8.03. The number of ketones is 1. The van der Waals surface area contributed by atoms with E-state index in [0.717, 1.165) is 24.3 Å². The van der Waals surface area contributed by atoms with Gasteiger partial charge in [0.2, 0.25) is 17.8 Å². The average molecular weight is 922 g/mol. The number of hydrogen-bond donors (Lipinski definition) is 4. The van der Waals surface area contributed by atoms with Crippen LogP contribution in [0.4, 0.5) is 40.6 Å². The van der Waals surface area contributed by atoms with Crippen molar-refractivity contribution in [1.82, 2.24) is 19.5 Å². The van der Waals surface area contributed by atoms with Gasteiger partial charge in [-0.05, 0) is 59.7 Å². The number of fused-ring (bicyclic) bond motifs is 2. The number of aryl methyl sites for hydroxylation is 1. The van der Waals surface area contributed by atoms with Gasteiger partial charge in [-0.25, -0.2) is 12.6 Å². The van der Waals surface area contributed by atoms with Gasteiger partial charge in [0, 0.05) is 42.8 Å². The summed E-state index contributed by atoms with van der Waals surface area (Å²) in [6.07, 6.45) is 0. The van der Waals surface area contributed by atoms with Crippen molar-refractivity contribution in [3.05, 3.63) is 100 Å². The number of anilines is 7. The zero-order chi connectivity index (χ0) is 42.5. The summed E-state index contributed by atoms with van der Waals surface area (Å²) in [5, 5.41) is 9.12. The summed E-state index contributed by atoms with van der Waals surface area (Å²) in [6, 6.07) is 17.9. The third-order valence-electron chi connectivity index (χ3n) is 9.56. The smallest absolute Gasteiger partial charge is 0.744 e. The van der Waals surface area contributed by atoms with Crippen molar-refractivity contribution in [2.75, 3.05) is 47.2 Å². The topological polar surface area (TPSA) is 302 Å². The molecule has 2 aromatic heterocycles. The predicted molar refractivity (Wildman–Crippen MR) is 214 cm³/mol. The Hall–Kier alpha value is -4.38. The molecule has 21 nitrogen and oxygen atoms in total. The number of nitrogens with one attached hydrogen (secondary N) is 3. The Morgan fingerprint density at radius 2 is 1.50 bits per heavy atom. The molecule has 0 spiro atoms. The van der Waals surface area contributed by atoms with Gasteiger partial charge in [-0.15, -0.1) is 0 Å². The van der Waals surface area contributed by atoms with Gasteiger partial charge in [-0.3, -0.25) is 9.59 Å². The molecule has 310 valence electrons. The summed E-state index contributed by atoms with van der Waals surface area (Å²) in [5.41, 5.74) is 1.48. The fraction of sp³-hybridized carbons (Fsp3) is 0.139. The van der Waals surface area contributed by atoms with Gasteiger partial charge >= 0.3 is 69.2 Å². The van der Waals surface area contributed by atoms with Gasteiger partial charge in [0.25, 0.3) is 5.56 Å². The number of aromatic nitrogens is 4. The molecule has 1 aliphatic heterocycles. The third kappa shape index (κ3) is 9.43. The summed E-state index contributed by atoms with van der Waals surface area (Å²) in [4.78, 5) is 41.0. The fourth-order valence-corrected chi connectivity index (χ4v) is 8.34. The number of rotatable bonds is 12. The zero-order valence-corrected chi connectivity index (χ0v) is 39.2. The van der Waals surface area contributed by atoms with E-state index in [0.29, 0.717) is 53.9 Å². The van der Waals surface area contributed by atoms with Crippen molar-refractivity contribution in [1.29, 1.82) is 0 Å². The molecule has 62 heavy (non-hydrogen) atoms. The molecule has 1 aliphatic carbocycles. The Bertz CT molecular complexity index is 3080. The predicted octanol–water partition coefficient (Wildman–Crippen LogP) is -3.33. The number of nitrogens with zero attached hydrogens (tertiary/aromatic N) is 5. The van der Waals surface area contributed by atoms with Crippen LogP contribution in [0.25, 0.3) is 22.0 Å². The summed E-state index contributed by atoms with van der Waals surface area (Å²) < 4.78 is 101. The van der Waals surface area contributed by atoms with Gasteiger partial charge in [-0.1, -0.05) is 24.3 Å². The van der Waals surface area contributed by atoms with Crippen molar-refractivity contribution in [3.63, 3.8) is 0 Å². The Balaban J connectivity index is 0.00000321. The average Bonchev–Trinajstić information content (AvgIpc) is 3.22. The molecule has 1 atom stereocenters. The normalized spacial score (nSPS) is 13.9. The largest absolute Gasteiger partial charge is 1.00 e. The Kier molecular flexibility index (Phi) is 14.3. The van der Waals surface area contributed by atoms with Crippen LogP contribution < -0.4 is 95.6 Å². The van der Waals surface area contributed by atoms with E-state index in [-0.39, 0.29) is 117 Å². The number of morpholine rings is 1. The minimum Gasteiger partial charge on any atom is -0.744 e. The van der Waals surface area contributed by atoms with Gasteiger partial charge in [0.1, 0.15) is 21.5 Å². The first kappa shape index (κ1) is 47.1. The summed E-state index contributed by atoms with van der Waals surface area (Å²) >= 11 is -3.09. The molecular formula is C36H29N9Na2O12S3. The van der Waals surface area contributed by atoms with Crippen LogP contribution in [0.3, 0.4) is 0 Å². The number of pyridine rings is 1. The number of benzene rings is 4. The maximum atomic E-state index is 14.1. The SMILES string of the molecule is Cn1c(=O)cc2c3c(c(Nc4cc(Nc5nc(Nc6cc(S(=O)(=O)ON)ccc6OS(=O)[O-])nc(N6CCOCC6)n5)ccc4S(=O)(=O)[O-])ccc31)C(=O)c1ccccc1-2.[Na+].[Na+]. The second-order valence-electron chi connectivity index (χ2n) is 13.1. The minimum atomic E-state index is -5.12. The van der Waals surface area contributed by atoms with Crippen molar-refractivity contribution < 1.29 is 107 Å². The van der Waals surface area contributed by atoms with Crippen LogP contribution in [0.15, 0.2) is 93.4 Å². The molecule has 4 aromatic carbocycles. The first-order valence-corrected chi connectivity index (χ1v) is 21.3. The van der Waals surface area contributed by atoms with Gasteiger partial charge in [0.05, 0.1) is 51.1 Å². The van der Waals surface area contributed by atoms with Crippen molar-refractivity contribution >= 4 is 88.9 Å². The molecule has 1 fully saturated rings. The molecule has 0 bridgehead atoms. The fourth-order valence-electron chi connectivity index (χ4n) is 6.82. The van der Waals surface area contributed by atoms with Crippen LogP contribution in [0.2, 0.25) is 0 Å². The monoisotopic (exact) mass is 921 g/mol. The first-order valence-electron chi connectivity index (χ1n) is 17.5. The Labute approximate surface area is 399 Å². The van der Waals surface area contributed by atoms with Crippen LogP contribution in [0.5, 0.6) is 5.75 Å². The van der Waals surface area contributed by atoms with E-state index in [9.17, 15) is 39.7 Å². The number of ether oxygens (including phenoxy) is 1. The zero-order valence-electron chi connectivity index (χ0n) is 32.8. The molecule has 0 amide bonds. The maximum Gasteiger partial charge on any atom is 1.00 e. The van der Waals surface area contributed by atoms with E-state index < -0.39 is 47.2 Å². The maximum absolute atomic E-state index is 14.1. The van der Waals surface area contributed by atoms with E-state index in [2.05, 4.69) is 35.2 Å². The standard InChI is InChI=1S/C36H31N9O12S3.2Na/c1-44-27-9-8-24(32-31(27)23(18-30(44)46)21-4-2-3-5-22(21)33(32)47)39-26-16-19(6-11-29(26)59(50,51)52)38-34-41-35(43-36(42-34)45-12-14-55-15-13-45)40-25-17-20(60(53,54)57-37)7-10-28(25)56-58(48)49;;/h2-11,16-18,39H,12-15,37H2,1H3,(H,48,49)(H,50,51,52)(H2,38,40,41,42,43);;/q;2*+1/p-2. The van der Waals surface area contributed by atoms with E-state index in [1.54, 1.807) is 42.3 Å². The summed E-state index contributed by atoms with van der Waals surface area (Å²) in [5.74, 6) is 3.89. The van der Waals surface area contributed by atoms with E-state index in [4.69, 9.17) is 14.8 Å². The quantitative estimate of drug-likeness (QED) is 0.0403. The Morgan fingerprint density at radius 3 is 2.18 bits per heavy atom. The third-order valence-corrected chi connectivity index (χ3v) is 11.9. The molecule has 2 aliphatic rings. The molecule has 1 saturated heterocycles. The van der Waals surface area contributed by atoms with Crippen molar-refractivity contribution in [3.8, 4) is 16.9 Å². The molecule has 5 N–H and O–H groups in total. The van der Waals surface area contributed by atoms with Crippen LogP contribution in [-0.2, 0) is 47.7 Å². The number of nitrogens with two attached hydrogens (primary N) is 1. The molecular weight excluding hydrogens is 893 g/mol. The van der Waals surface area contributed by atoms with Crippen LogP contribution in [0.1, 0.15) is 15.9 Å². The van der Waals surface area contributed by atoms with Crippen LogP contribution in [-0.4, -0.2) is 81.8 Å². The second-order valence-corrected chi connectivity index (χ2v) is 16.6. The van der Waals surface area contributed by atoms with E-state index >= 15 is 0 Å². The van der Waals surface area contributed by atoms with Gasteiger partial charge in [-0.2, -0.15) is 33.6 Å². The van der Waals surface area contributed by atoms with Crippen LogP contribution >= 0.6 is 0 Å². The first-order chi connectivity index (χ1) is 28.6. The molecule has 1 unspecified atom stereocenters. The molecule has 0 radical (unpaired) electrons. The molecule has 3 heterocycles. The van der Waals surface area contributed by atoms with Crippen LogP contribution in [0, 0.1) is 0 Å². The van der Waals surface area contributed by atoms with Crippen molar-refractivity contribution in [2.24, 2.45) is 12.9 Å². The number of carbonyl (C=O) groups excluding carboxylic acids is 1.